The summed E-state index contributed by atoms with van der Waals surface area (Å²) >= 11 is 0. The average molecular weight is 482 g/mol. The smallest absolute Gasteiger partial charge is 0.344 e. The van der Waals surface area contributed by atoms with Crippen LogP contribution < -0.4 is 28.4 Å². The van der Waals surface area contributed by atoms with Crippen molar-refractivity contribution in [2.24, 2.45) is 0 Å². The van der Waals surface area contributed by atoms with Gasteiger partial charge in [-0.15, -0.1) is 0 Å². The molecular formula is C22H27NO9S. The number of hydrogen-bond acceptors (Lipinski definition) is 8. The zero-order valence-electron chi connectivity index (χ0n) is 18.9. The first-order valence-electron chi connectivity index (χ1n) is 9.67. The van der Waals surface area contributed by atoms with Gasteiger partial charge in [0.2, 0.25) is 10.0 Å². The molecule has 0 radical (unpaired) electrons. The highest BCUT2D eigenvalue weighted by atomic mass is 32.2. The van der Waals surface area contributed by atoms with Gasteiger partial charge in [0.05, 0.1) is 39.8 Å². The Hall–Kier alpha value is -3.60. The molecule has 0 aromatic heterocycles. The van der Waals surface area contributed by atoms with Crippen LogP contribution in [-0.4, -0.2) is 54.0 Å². The maximum absolute atomic E-state index is 12.6. The number of aliphatic carboxylic acids is 1. The molecule has 33 heavy (non-hydrogen) atoms. The third-order valence-electron chi connectivity index (χ3n) is 4.49. The number of sulfonamides is 1. The van der Waals surface area contributed by atoms with Crippen molar-refractivity contribution in [1.29, 1.82) is 0 Å². The van der Waals surface area contributed by atoms with Crippen molar-refractivity contribution in [3.8, 4) is 28.7 Å². The molecule has 11 heteroatoms. The quantitative estimate of drug-likeness (QED) is 0.470. The fourth-order valence-corrected chi connectivity index (χ4v) is 3.80. The molecule has 0 aliphatic carbocycles. The Morgan fingerprint density at radius 2 is 1.58 bits per heavy atom. The van der Waals surface area contributed by atoms with Crippen LogP contribution in [0.3, 0.4) is 0 Å². The first-order valence-corrected chi connectivity index (χ1v) is 11.3. The Balaban J connectivity index is 2.21. The number of carbonyl (C=O) groups is 1. The molecule has 0 saturated heterocycles. The molecule has 0 spiro atoms. The molecule has 2 aromatic rings. The highest BCUT2D eigenvalue weighted by Gasteiger charge is 2.18. The molecule has 0 aliphatic heterocycles. The predicted molar refractivity (Wildman–Crippen MR) is 122 cm³/mol. The molecule has 180 valence electrons. The summed E-state index contributed by atoms with van der Waals surface area (Å²) < 4.78 is 53.9. The SMILES string of the molecule is COc1cc(OC)c(C=CNS(=O)(=O)Cc2ccc(OC)c(OC(C)C(=O)O)c2)c(OC)c1. The molecule has 2 N–H and O–H groups in total. The molecule has 0 aliphatic rings. The van der Waals surface area contributed by atoms with Gasteiger partial charge in [-0.1, -0.05) is 6.07 Å². The number of benzene rings is 2. The van der Waals surface area contributed by atoms with Crippen LogP contribution in [-0.2, 0) is 20.6 Å². The minimum Gasteiger partial charge on any atom is -0.496 e. The summed E-state index contributed by atoms with van der Waals surface area (Å²) in [6.07, 6.45) is 1.63. The van der Waals surface area contributed by atoms with Gasteiger partial charge in [-0.25, -0.2) is 13.2 Å². The fraction of sp³-hybridized carbons (Fsp3) is 0.318. The molecule has 0 fully saturated rings. The van der Waals surface area contributed by atoms with E-state index in [2.05, 4.69) is 4.72 Å². The van der Waals surface area contributed by atoms with Crippen LogP contribution in [0, 0.1) is 0 Å². The van der Waals surface area contributed by atoms with E-state index in [4.69, 9.17) is 28.8 Å². The fourth-order valence-electron chi connectivity index (χ4n) is 2.82. The van der Waals surface area contributed by atoms with Crippen molar-refractivity contribution in [2.75, 3.05) is 28.4 Å². The lowest BCUT2D eigenvalue weighted by Gasteiger charge is -2.15. The standard InChI is InChI=1S/C22H27NO9S/c1-14(22(24)25)32-21-10-15(6-7-18(21)29-3)13-33(26,27)23-9-8-17-19(30-4)11-16(28-2)12-20(17)31-5/h6-12,14,23H,13H2,1-5H3,(H,24,25). The van der Waals surface area contributed by atoms with Gasteiger partial charge in [-0.3, -0.25) is 4.72 Å². The second-order valence-electron chi connectivity index (χ2n) is 6.74. The van der Waals surface area contributed by atoms with Crippen LogP contribution in [0.15, 0.2) is 36.5 Å². The van der Waals surface area contributed by atoms with Crippen molar-refractivity contribution in [1.82, 2.24) is 4.72 Å². The van der Waals surface area contributed by atoms with E-state index in [1.54, 1.807) is 18.2 Å². The lowest BCUT2D eigenvalue weighted by Crippen LogP contribution is -2.23. The van der Waals surface area contributed by atoms with E-state index < -0.39 is 22.1 Å². The van der Waals surface area contributed by atoms with Gasteiger partial charge < -0.3 is 28.8 Å². The summed E-state index contributed by atoms with van der Waals surface area (Å²) in [5.41, 5.74) is 0.898. The van der Waals surface area contributed by atoms with E-state index in [0.717, 1.165) is 0 Å². The van der Waals surface area contributed by atoms with Crippen molar-refractivity contribution in [3.05, 3.63) is 47.7 Å². The summed E-state index contributed by atoms with van der Waals surface area (Å²) in [5, 5.41) is 9.05. The number of carboxylic acids is 1. The number of methoxy groups -OCH3 is 4. The first kappa shape index (κ1) is 25.7. The number of nitrogens with one attached hydrogen (secondary N) is 1. The molecule has 2 aromatic carbocycles. The first-order chi connectivity index (χ1) is 15.6. The van der Waals surface area contributed by atoms with E-state index in [0.29, 0.717) is 28.4 Å². The van der Waals surface area contributed by atoms with Crippen molar-refractivity contribution >= 4 is 22.1 Å². The van der Waals surface area contributed by atoms with E-state index in [9.17, 15) is 13.2 Å². The number of ether oxygens (including phenoxy) is 5. The van der Waals surface area contributed by atoms with Gasteiger partial charge in [-0.2, -0.15) is 0 Å². The number of hydrogen-bond donors (Lipinski definition) is 2. The predicted octanol–water partition coefficient (Wildman–Crippen LogP) is 2.66. The van der Waals surface area contributed by atoms with Gasteiger partial charge in [0.25, 0.3) is 0 Å². The molecular weight excluding hydrogens is 454 g/mol. The lowest BCUT2D eigenvalue weighted by molar-refractivity contribution is -0.144. The Morgan fingerprint density at radius 1 is 0.970 bits per heavy atom. The average Bonchev–Trinajstić information content (AvgIpc) is 2.78. The van der Waals surface area contributed by atoms with E-state index >= 15 is 0 Å². The molecule has 10 nitrogen and oxygen atoms in total. The van der Waals surface area contributed by atoms with Gasteiger partial charge in [0, 0.05) is 18.3 Å². The lowest BCUT2D eigenvalue weighted by atomic mass is 10.1. The van der Waals surface area contributed by atoms with Crippen LogP contribution in [0.1, 0.15) is 18.1 Å². The van der Waals surface area contributed by atoms with Crippen molar-refractivity contribution in [3.63, 3.8) is 0 Å². The van der Waals surface area contributed by atoms with Gasteiger partial charge in [-0.05, 0) is 30.7 Å². The maximum atomic E-state index is 12.6. The summed E-state index contributed by atoms with van der Waals surface area (Å²) in [6.45, 7) is 1.36. The zero-order chi connectivity index (χ0) is 24.6. The van der Waals surface area contributed by atoms with Crippen molar-refractivity contribution in [2.45, 2.75) is 18.8 Å². The van der Waals surface area contributed by atoms with E-state index in [-0.39, 0.29) is 17.3 Å². The normalized spacial score (nSPS) is 12.2. The summed E-state index contributed by atoms with van der Waals surface area (Å²) in [5.74, 6) is 0.273. The topological polar surface area (TPSA) is 130 Å². The van der Waals surface area contributed by atoms with Crippen LogP contribution in [0.25, 0.3) is 6.08 Å². The second-order valence-corrected chi connectivity index (χ2v) is 8.49. The molecule has 0 amide bonds. The van der Waals surface area contributed by atoms with Crippen LogP contribution >= 0.6 is 0 Å². The Morgan fingerprint density at radius 3 is 2.09 bits per heavy atom. The third kappa shape index (κ3) is 6.94. The number of rotatable bonds is 12. The highest BCUT2D eigenvalue weighted by molar-refractivity contribution is 7.88. The minimum atomic E-state index is -3.79. The summed E-state index contributed by atoms with van der Waals surface area (Å²) in [7, 11) is 2.07. The maximum Gasteiger partial charge on any atom is 0.344 e. The summed E-state index contributed by atoms with van der Waals surface area (Å²) in [6, 6.07) is 7.78. The molecule has 0 heterocycles. The molecule has 0 saturated carbocycles. The largest absolute Gasteiger partial charge is 0.496 e. The summed E-state index contributed by atoms with van der Waals surface area (Å²) in [4.78, 5) is 11.1. The zero-order valence-corrected chi connectivity index (χ0v) is 19.8. The molecule has 1 unspecified atom stereocenters. The van der Waals surface area contributed by atoms with E-state index in [1.807, 2.05) is 0 Å². The Kier molecular flexibility index (Phi) is 8.80. The monoisotopic (exact) mass is 481 g/mol. The third-order valence-corrected chi connectivity index (χ3v) is 5.70. The molecule has 1 atom stereocenters. The van der Waals surface area contributed by atoms with Gasteiger partial charge in [0.1, 0.15) is 17.2 Å². The molecule has 2 rings (SSSR count). The van der Waals surface area contributed by atoms with Gasteiger partial charge in [0.15, 0.2) is 17.6 Å². The molecule has 0 bridgehead atoms. The second kappa shape index (κ2) is 11.3. The van der Waals surface area contributed by atoms with Crippen molar-refractivity contribution < 1.29 is 42.0 Å². The van der Waals surface area contributed by atoms with E-state index in [1.165, 1.54) is 59.8 Å². The van der Waals surface area contributed by atoms with Crippen LogP contribution in [0.5, 0.6) is 28.7 Å². The van der Waals surface area contributed by atoms with Gasteiger partial charge >= 0.3 is 5.97 Å². The van der Waals surface area contributed by atoms with Crippen LogP contribution in [0.4, 0.5) is 0 Å². The number of carboxylic acid groups (broad SMARTS) is 1. The minimum absolute atomic E-state index is 0.128. The van der Waals surface area contributed by atoms with Crippen LogP contribution in [0.2, 0.25) is 0 Å². The Bertz CT molecular complexity index is 1090. The highest BCUT2D eigenvalue weighted by Crippen LogP contribution is 2.35. The Labute approximate surface area is 192 Å².